The molecule has 0 spiro atoms. The predicted molar refractivity (Wildman–Crippen MR) is 72.1 cm³/mol. The molecule has 1 unspecified atom stereocenters. The molecule has 8 heteroatoms. The Balaban J connectivity index is 0.000000347. The number of hydrogen-bond donors (Lipinski definition) is 3. The third-order valence-electron chi connectivity index (χ3n) is 2.75. The molecule has 20 heavy (non-hydrogen) atoms. The fraction of sp³-hybridized carbons (Fsp3) is 0.667. The van der Waals surface area contributed by atoms with Crippen LogP contribution in [0.1, 0.15) is 19.1 Å². The van der Waals surface area contributed by atoms with Crippen molar-refractivity contribution in [3.05, 3.63) is 22.7 Å². The second-order valence-electron chi connectivity index (χ2n) is 4.23. The lowest BCUT2D eigenvalue weighted by molar-refractivity contribution is -0.0245. The van der Waals surface area contributed by atoms with Crippen molar-refractivity contribution in [3.8, 4) is 0 Å². The molecule has 0 amide bonds. The predicted octanol–water partition coefficient (Wildman–Crippen LogP) is -0.879. The van der Waals surface area contributed by atoms with Gasteiger partial charge in [0.25, 0.3) is 0 Å². The molecule has 2 heterocycles. The molecule has 1 aliphatic heterocycles. The fourth-order valence-corrected chi connectivity index (χ4v) is 1.76. The van der Waals surface area contributed by atoms with Crippen LogP contribution in [0.3, 0.4) is 0 Å². The van der Waals surface area contributed by atoms with Gasteiger partial charge >= 0.3 is 5.69 Å². The van der Waals surface area contributed by atoms with E-state index in [0.717, 1.165) is 6.42 Å². The van der Waals surface area contributed by atoms with Crippen LogP contribution in [0.5, 0.6) is 0 Å². The van der Waals surface area contributed by atoms with Crippen molar-refractivity contribution < 1.29 is 19.7 Å². The molecule has 4 N–H and O–H groups in total. The summed E-state index contributed by atoms with van der Waals surface area (Å²) in [4.78, 5) is 15.1. The highest BCUT2D eigenvalue weighted by Gasteiger charge is 2.26. The van der Waals surface area contributed by atoms with Crippen LogP contribution in [0, 0.1) is 0 Å². The minimum absolute atomic E-state index is 0.0202. The van der Waals surface area contributed by atoms with Crippen LogP contribution in [0.15, 0.2) is 17.1 Å². The molecule has 1 aromatic heterocycles. The smallest absolute Gasteiger partial charge is 0.351 e. The SMILES string of the molecule is COCCO.Nc1ccn([C@H]2CCC(CO)O2)c(=O)n1. The zero-order valence-electron chi connectivity index (χ0n) is 11.4. The Labute approximate surface area is 116 Å². The van der Waals surface area contributed by atoms with Gasteiger partial charge < -0.3 is 25.4 Å². The Morgan fingerprint density at radius 1 is 1.55 bits per heavy atom. The molecule has 1 fully saturated rings. The Morgan fingerprint density at radius 3 is 2.75 bits per heavy atom. The molecule has 0 radical (unpaired) electrons. The van der Waals surface area contributed by atoms with E-state index in [4.69, 9.17) is 20.7 Å². The van der Waals surface area contributed by atoms with Crippen molar-refractivity contribution in [2.24, 2.45) is 0 Å². The van der Waals surface area contributed by atoms with Gasteiger partial charge in [0.05, 0.1) is 25.9 Å². The Hall–Kier alpha value is -1.48. The maximum atomic E-state index is 11.5. The van der Waals surface area contributed by atoms with Gasteiger partial charge in [-0.25, -0.2) is 4.79 Å². The number of hydrogen-bond acceptors (Lipinski definition) is 7. The molecular weight excluding hydrogens is 266 g/mol. The summed E-state index contributed by atoms with van der Waals surface area (Å²) >= 11 is 0. The van der Waals surface area contributed by atoms with Gasteiger partial charge in [0.1, 0.15) is 12.0 Å². The van der Waals surface area contributed by atoms with Crippen LogP contribution in [-0.2, 0) is 9.47 Å². The molecule has 2 rings (SSSR count). The van der Waals surface area contributed by atoms with Crippen molar-refractivity contribution in [2.75, 3.05) is 32.7 Å². The van der Waals surface area contributed by atoms with Gasteiger partial charge in [-0.15, -0.1) is 0 Å². The van der Waals surface area contributed by atoms with Crippen LogP contribution >= 0.6 is 0 Å². The average molecular weight is 287 g/mol. The molecule has 1 aliphatic rings. The summed E-state index contributed by atoms with van der Waals surface area (Å²) in [5.74, 6) is 0.202. The first kappa shape index (κ1) is 16.6. The fourth-order valence-electron chi connectivity index (χ4n) is 1.76. The molecule has 114 valence electrons. The standard InChI is InChI=1S/C9H13N3O3.C3H8O2/c10-7-3-4-12(9(14)11-7)8-2-1-6(5-13)15-8;1-5-3-2-4/h3-4,6,8,13H,1-2,5H2,(H2,10,11,14);4H,2-3H2,1H3/t6?,8-;/m1./s1. The molecule has 0 saturated carbocycles. The number of aliphatic hydroxyl groups excluding tert-OH is 2. The summed E-state index contributed by atoms with van der Waals surface area (Å²) in [6.45, 7) is 0.546. The Kier molecular flexibility index (Phi) is 7.16. The number of anilines is 1. The molecule has 1 aromatic rings. The molecule has 1 saturated heterocycles. The highest BCUT2D eigenvalue weighted by Crippen LogP contribution is 2.26. The van der Waals surface area contributed by atoms with Crippen molar-refractivity contribution >= 4 is 5.82 Å². The summed E-state index contributed by atoms with van der Waals surface area (Å²) in [6, 6.07) is 1.55. The molecule has 0 bridgehead atoms. The maximum Gasteiger partial charge on any atom is 0.351 e. The summed E-state index contributed by atoms with van der Waals surface area (Å²) in [6.07, 6.45) is 2.51. The Morgan fingerprint density at radius 2 is 2.30 bits per heavy atom. The quantitative estimate of drug-likeness (QED) is 0.657. The minimum Gasteiger partial charge on any atom is -0.394 e. The minimum atomic E-state index is -0.418. The zero-order chi connectivity index (χ0) is 15.0. The van der Waals surface area contributed by atoms with E-state index in [9.17, 15) is 4.79 Å². The van der Waals surface area contributed by atoms with Gasteiger partial charge in [0, 0.05) is 13.3 Å². The maximum absolute atomic E-state index is 11.5. The lowest BCUT2D eigenvalue weighted by atomic mass is 10.2. The lowest BCUT2D eigenvalue weighted by Crippen LogP contribution is -2.27. The first-order chi connectivity index (χ1) is 9.62. The summed E-state index contributed by atoms with van der Waals surface area (Å²) in [5, 5.41) is 16.8. The first-order valence-electron chi connectivity index (χ1n) is 6.33. The van der Waals surface area contributed by atoms with Crippen LogP contribution in [0.2, 0.25) is 0 Å². The number of methoxy groups -OCH3 is 1. The monoisotopic (exact) mass is 287 g/mol. The topological polar surface area (TPSA) is 120 Å². The van der Waals surface area contributed by atoms with E-state index in [1.807, 2.05) is 0 Å². The number of nitrogen functional groups attached to an aromatic ring is 1. The van der Waals surface area contributed by atoms with E-state index in [1.54, 1.807) is 19.4 Å². The zero-order valence-corrected chi connectivity index (χ0v) is 11.4. The normalized spacial score (nSPS) is 21.4. The largest absolute Gasteiger partial charge is 0.394 e. The van der Waals surface area contributed by atoms with Crippen LogP contribution in [-0.4, -0.2) is 52.8 Å². The molecule has 8 nitrogen and oxygen atoms in total. The second kappa shape index (κ2) is 8.64. The number of aromatic nitrogens is 2. The van der Waals surface area contributed by atoms with E-state index in [0.29, 0.717) is 13.0 Å². The van der Waals surface area contributed by atoms with E-state index < -0.39 is 5.69 Å². The van der Waals surface area contributed by atoms with Crippen molar-refractivity contribution in [3.63, 3.8) is 0 Å². The van der Waals surface area contributed by atoms with Gasteiger partial charge in [-0.1, -0.05) is 0 Å². The number of nitrogens with zero attached hydrogens (tertiary/aromatic N) is 2. The van der Waals surface area contributed by atoms with Gasteiger partial charge in [-0.05, 0) is 18.9 Å². The summed E-state index contributed by atoms with van der Waals surface area (Å²) in [5.41, 5.74) is 4.96. The van der Waals surface area contributed by atoms with Gasteiger partial charge in [-0.2, -0.15) is 4.98 Å². The van der Waals surface area contributed by atoms with E-state index in [2.05, 4.69) is 9.72 Å². The summed E-state index contributed by atoms with van der Waals surface area (Å²) in [7, 11) is 1.55. The number of ether oxygens (including phenoxy) is 2. The van der Waals surface area contributed by atoms with Crippen molar-refractivity contribution in [1.82, 2.24) is 9.55 Å². The van der Waals surface area contributed by atoms with Gasteiger partial charge in [0.15, 0.2) is 0 Å². The molecule has 0 aliphatic carbocycles. The third kappa shape index (κ3) is 4.89. The summed E-state index contributed by atoms with van der Waals surface area (Å²) < 4.78 is 11.3. The van der Waals surface area contributed by atoms with E-state index in [1.165, 1.54) is 4.57 Å². The third-order valence-corrected chi connectivity index (χ3v) is 2.75. The number of aliphatic hydroxyl groups is 2. The first-order valence-corrected chi connectivity index (χ1v) is 6.33. The van der Waals surface area contributed by atoms with Crippen LogP contribution in [0.25, 0.3) is 0 Å². The molecular formula is C12H21N3O5. The van der Waals surface area contributed by atoms with Crippen molar-refractivity contribution in [1.29, 1.82) is 0 Å². The van der Waals surface area contributed by atoms with Gasteiger partial charge in [0.2, 0.25) is 0 Å². The number of rotatable bonds is 4. The lowest BCUT2D eigenvalue weighted by Gasteiger charge is -2.14. The Bertz CT molecular complexity index is 449. The van der Waals surface area contributed by atoms with Crippen LogP contribution in [0.4, 0.5) is 5.82 Å². The average Bonchev–Trinajstić information content (AvgIpc) is 2.89. The van der Waals surface area contributed by atoms with Crippen molar-refractivity contribution in [2.45, 2.75) is 25.2 Å². The number of nitrogens with two attached hydrogens (primary N) is 1. The van der Waals surface area contributed by atoms with Crippen LogP contribution < -0.4 is 11.4 Å². The van der Waals surface area contributed by atoms with E-state index in [-0.39, 0.29) is 31.4 Å². The van der Waals surface area contributed by atoms with E-state index >= 15 is 0 Å². The highest BCUT2D eigenvalue weighted by atomic mass is 16.5. The highest BCUT2D eigenvalue weighted by molar-refractivity contribution is 5.23. The molecule has 0 aromatic carbocycles. The second-order valence-corrected chi connectivity index (χ2v) is 4.23. The van der Waals surface area contributed by atoms with Gasteiger partial charge in [-0.3, -0.25) is 4.57 Å². The molecule has 2 atom stereocenters.